The van der Waals surface area contributed by atoms with Crippen LogP contribution in [0.3, 0.4) is 0 Å². The molecule has 0 radical (unpaired) electrons. The van der Waals surface area contributed by atoms with Gasteiger partial charge in [-0.3, -0.25) is 9.79 Å². The molecular formula is C17H29IN4O3. The molecule has 0 aliphatic heterocycles. The summed E-state index contributed by atoms with van der Waals surface area (Å²) in [6.07, 6.45) is 2.05. The lowest BCUT2D eigenvalue weighted by atomic mass is 10.2. The van der Waals surface area contributed by atoms with E-state index in [0.717, 1.165) is 44.1 Å². The van der Waals surface area contributed by atoms with Gasteiger partial charge in [0.05, 0.1) is 0 Å². The van der Waals surface area contributed by atoms with E-state index in [-0.39, 0.29) is 30.6 Å². The van der Waals surface area contributed by atoms with Crippen molar-refractivity contribution in [2.75, 3.05) is 33.4 Å². The highest BCUT2D eigenvalue weighted by atomic mass is 127. The number of nitrogens with two attached hydrogens (primary N) is 1. The number of hydrogen-bond acceptors (Lipinski definition) is 4. The first kappa shape index (κ1) is 23.4. The Bertz CT molecular complexity index is 526. The summed E-state index contributed by atoms with van der Waals surface area (Å²) in [6.45, 7) is 4.88. The third-order valence-electron chi connectivity index (χ3n) is 3.18. The molecule has 0 saturated heterocycles. The number of nitrogens with zero attached hydrogens (tertiary/aromatic N) is 1. The highest BCUT2D eigenvalue weighted by molar-refractivity contribution is 14.0. The molecule has 4 N–H and O–H groups in total. The van der Waals surface area contributed by atoms with Gasteiger partial charge in [0.2, 0.25) is 0 Å². The Morgan fingerprint density at radius 3 is 2.76 bits per heavy atom. The molecule has 0 saturated carbocycles. The summed E-state index contributed by atoms with van der Waals surface area (Å²) in [4.78, 5) is 14.9. The van der Waals surface area contributed by atoms with Gasteiger partial charge in [-0.05, 0) is 37.5 Å². The lowest BCUT2D eigenvalue weighted by Gasteiger charge is -2.12. The Morgan fingerprint density at radius 2 is 2.08 bits per heavy atom. The molecule has 1 aromatic carbocycles. The maximum Gasteiger partial charge on any atom is 0.255 e. The minimum atomic E-state index is -0.493. The summed E-state index contributed by atoms with van der Waals surface area (Å²) >= 11 is 0. The maximum absolute atomic E-state index is 10.7. The lowest BCUT2D eigenvalue weighted by molar-refractivity contribution is -0.119. The zero-order valence-electron chi connectivity index (χ0n) is 14.9. The average molecular weight is 464 g/mol. The Labute approximate surface area is 166 Å². The number of halogens is 1. The van der Waals surface area contributed by atoms with Crippen LogP contribution in [0.1, 0.15) is 25.3 Å². The van der Waals surface area contributed by atoms with E-state index in [0.29, 0.717) is 12.3 Å². The largest absolute Gasteiger partial charge is 0.484 e. The van der Waals surface area contributed by atoms with Crippen LogP contribution >= 0.6 is 24.0 Å². The highest BCUT2D eigenvalue weighted by Gasteiger charge is 2.01. The number of benzene rings is 1. The lowest BCUT2D eigenvalue weighted by Crippen LogP contribution is -2.37. The first-order valence-corrected chi connectivity index (χ1v) is 8.18. The molecule has 0 atom stereocenters. The zero-order valence-corrected chi connectivity index (χ0v) is 17.2. The van der Waals surface area contributed by atoms with E-state index in [1.54, 1.807) is 13.1 Å². The first-order valence-electron chi connectivity index (χ1n) is 8.18. The van der Waals surface area contributed by atoms with Crippen molar-refractivity contribution in [3.05, 3.63) is 29.8 Å². The molecule has 8 heteroatoms. The summed E-state index contributed by atoms with van der Waals surface area (Å²) in [5, 5.41) is 6.50. The quantitative estimate of drug-likeness (QED) is 0.200. The minimum Gasteiger partial charge on any atom is -0.484 e. The van der Waals surface area contributed by atoms with Crippen LogP contribution in [0.25, 0.3) is 0 Å². The van der Waals surface area contributed by atoms with Crippen LogP contribution in [0.15, 0.2) is 29.3 Å². The molecular weight excluding hydrogens is 435 g/mol. The molecule has 7 nitrogen and oxygen atoms in total. The van der Waals surface area contributed by atoms with Crippen molar-refractivity contribution in [1.82, 2.24) is 10.6 Å². The average Bonchev–Trinajstić information content (AvgIpc) is 2.59. The van der Waals surface area contributed by atoms with Crippen molar-refractivity contribution in [2.45, 2.75) is 26.3 Å². The van der Waals surface area contributed by atoms with Crippen molar-refractivity contribution in [3.63, 3.8) is 0 Å². The second kappa shape index (κ2) is 14.8. The maximum atomic E-state index is 10.7. The predicted octanol–water partition coefficient (Wildman–Crippen LogP) is 1.65. The summed E-state index contributed by atoms with van der Waals surface area (Å²) in [7, 11) is 1.74. The number of carbonyl (C=O) groups excluding carboxylic acids is 1. The van der Waals surface area contributed by atoms with Gasteiger partial charge in [0.15, 0.2) is 12.6 Å². The molecule has 25 heavy (non-hydrogen) atoms. The zero-order chi connectivity index (χ0) is 17.6. The number of unbranched alkanes of at least 4 members (excludes halogenated alkanes) is 1. The van der Waals surface area contributed by atoms with E-state index in [1.165, 1.54) is 0 Å². The fraction of sp³-hybridized carbons (Fsp3) is 0.529. The molecule has 0 heterocycles. The Balaban J connectivity index is 0.00000576. The third-order valence-corrected chi connectivity index (χ3v) is 3.18. The molecule has 0 aliphatic carbocycles. The van der Waals surface area contributed by atoms with E-state index >= 15 is 0 Å². The normalized spacial score (nSPS) is 10.7. The van der Waals surface area contributed by atoms with Gasteiger partial charge in [-0.2, -0.15) is 0 Å². The van der Waals surface area contributed by atoms with Gasteiger partial charge >= 0.3 is 0 Å². The number of hydrogen-bond donors (Lipinski definition) is 3. The molecule has 1 amide bonds. The fourth-order valence-electron chi connectivity index (χ4n) is 1.99. The van der Waals surface area contributed by atoms with Gasteiger partial charge < -0.3 is 25.8 Å². The SMILES string of the molecule is CCOCCCCNC(=NC)NCc1cccc(OCC(N)=O)c1.I. The van der Waals surface area contributed by atoms with Crippen molar-refractivity contribution >= 4 is 35.8 Å². The number of rotatable bonds is 11. The van der Waals surface area contributed by atoms with Crippen LogP contribution < -0.4 is 21.1 Å². The van der Waals surface area contributed by atoms with E-state index in [1.807, 2.05) is 25.1 Å². The third kappa shape index (κ3) is 11.6. The van der Waals surface area contributed by atoms with Gasteiger partial charge in [-0.15, -0.1) is 24.0 Å². The number of amides is 1. The summed E-state index contributed by atoms with van der Waals surface area (Å²) in [5.74, 6) is 0.870. The Morgan fingerprint density at radius 1 is 1.28 bits per heavy atom. The first-order chi connectivity index (χ1) is 11.7. The fourth-order valence-corrected chi connectivity index (χ4v) is 1.99. The van der Waals surface area contributed by atoms with Crippen LogP contribution in [0, 0.1) is 0 Å². The van der Waals surface area contributed by atoms with Gasteiger partial charge in [0.25, 0.3) is 5.91 Å². The van der Waals surface area contributed by atoms with E-state index in [9.17, 15) is 4.79 Å². The number of carbonyl (C=O) groups is 1. The van der Waals surface area contributed by atoms with Gasteiger partial charge in [-0.25, -0.2) is 0 Å². The predicted molar refractivity (Wildman–Crippen MR) is 110 cm³/mol. The van der Waals surface area contributed by atoms with Crippen LogP contribution in [0.4, 0.5) is 0 Å². The second-order valence-electron chi connectivity index (χ2n) is 5.16. The molecule has 1 rings (SSSR count). The Hall–Kier alpha value is -1.55. The molecule has 0 aromatic heterocycles. The smallest absolute Gasteiger partial charge is 0.255 e. The van der Waals surface area contributed by atoms with Gasteiger partial charge in [0.1, 0.15) is 5.75 Å². The van der Waals surface area contributed by atoms with Gasteiger partial charge in [0, 0.05) is 33.4 Å². The molecule has 0 spiro atoms. The van der Waals surface area contributed by atoms with Crippen LogP contribution in [-0.4, -0.2) is 45.3 Å². The van der Waals surface area contributed by atoms with Gasteiger partial charge in [-0.1, -0.05) is 12.1 Å². The molecule has 0 bridgehead atoms. The number of primary amides is 1. The van der Waals surface area contributed by atoms with Crippen molar-refractivity contribution < 1.29 is 14.3 Å². The van der Waals surface area contributed by atoms with Crippen molar-refractivity contribution in [3.8, 4) is 5.75 Å². The Kier molecular flexibility index (Phi) is 13.8. The summed E-state index contributed by atoms with van der Waals surface area (Å²) in [5.41, 5.74) is 6.10. The van der Waals surface area contributed by atoms with Crippen molar-refractivity contribution in [1.29, 1.82) is 0 Å². The van der Waals surface area contributed by atoms with Crippen LogP contribution in [0.5, 0.6) is 5.75 Å². The van der Waals surface area contributed by atoms with Crippen LogP contribution in [-0.2, 0) is 16.1 Å². The summed E-state index contributed by atoms with van der Waals surface area (Å²) < 4.78 is 10.6. The van der Waals surface area contributed by atoms with Crippen LogP contribution in [0.2, 0.25) is 0 Å². The molecule has 0 aliphatic rings. The molecule has 0 fully saturated rings. The topological polar surface area (TPSA) is 98.0 Å². The number of ether oxygens (including phenoxy) is 2. The highest BCUT2D eigenvalue weighted by Crippen LogP contribution is 2.12. The second-order valence-corrected chi connectivity index (χ2v) is 5.16. The van der Waals surface area contributed by atoms with Crippen molar-refractivity contribution in [2.24, 2.45) is 10.7 Å². The van der Waals surface area contributed by atoms with E-state index < -0.39 is 5.91 Å². The molecule has 142 valence electrons. The standard InChI is InChI=1S/C17H28N4O3.HI/c1-3-23-10-5-4-9-20-17(19-2)21-12-14-7-6-8-15(11-14)24-13-16(18)22;/h6-8,11H,3-5,9-10,12-13H2,1-2H3,(H2,18,22)(H2,19,20,21);1H. The number of aliphatic imine (C=N–C) groups is 1. The van der Waals surface area contributed by atoms with E-state index in [2.05, 4.69) is 15.6 Å². The number of guanidine groups is 1. The molecule has 1 aromatic rings. The number of nitrogens with one attached hydrogen (secondary N) is 2. The summed E-state index contributed by atoms with van der Waals surface area (Å²) in [6, 6.07) is 7.50. The monoisotopic (exact) mass is 464 g/mol. The minimum absolute atomic E-state index is 0. The molecule has 0 unspecified atom stereocenters. The van der Waals surface area contributed by atoms with E-state index in [4.69, 9.17) is 15.2 Å².